The summed E-state index contributed by atoms with van der Waals surface area (Å²) in [5.74, 6) is 14.2. The van der Waals surface area contributed by atoms with Crippen LogP contribution in [-0.2, 0) is 38.6 Å². The first-order chi connectivity index (χ1) is 60.7. The molecule has 0 radical (unpaired) electrons. The molecule has 0 spiro atoms. The number of likely N-dealkylation sites (N-methyl/N-ethyl adjacent to an activating group) is 1. The molecule has 24 heteroatoms. The average molecular weight is 1730 g/mol. The molecule has 24 nitrogen and oxygen atoms in total. The van der Waals surface area contributed by atoms with Gasteiger partial charge < -0.3 is 84.4 Å². The number of pyridine rings is 3. The summed E-state index contributed by atoms with van der Waals surface area (Å²) in [6.45, 7) is 41.2. The second-order valence-corrected chi connectivity index (χ2v) is 34.2. The minimum Gasteiger partial charge on any atom is -0.491 e. The molecule has 2 aliphatic carbocycles. The number of amides is 3. The highest BCUT2D eigenvalue weighted by molar-refractivity contribution is 6.00. The number of likely N-dealkylation sites (tertiary alicyclic amines) is 1. The first-order valence-electron chi connectivity index (χ1n) is 46.1. The van der Waals surface area contributed by atoms with E-state index < -0.39 is 0 Å². The highest BCUT2D eigenvalue weighted by atomic mass is 16.5. The lowest BCUT2D eigenvalue weighted by Crippen LogP contribution is -2.44. The maximum Gasteiger partial charge on any atom is 0.253 e. The van der Waals surface area contributed by atoms with Crippen molar-refractivity contribution in [3.8, 4) is 40.6 Å². The standard InChI is InChI=1S/C35H51N5O4.C34H46N4O4.C31H42N4O3.C2H6/c1-7-40(30-12-10-29(11-13-30)38(5)15-18-43-6)33-23-28(9-8-14-39-16-19-44-20-17-39)22-31(27(33)4)34(41)36-24-32-25(2)21-26(3)37-35(32)42;1-7-38(28-12-10-27(35-5)11-13-28)32-20-26(25-8-14-29(15-9-25)42-17-16-41-6)19-30(24(32)4)33(39)36-21-31-22(2)18-23(3)37-34(31)40;1-6-35(26-11-15-38-16-12-26)29-19-25(8-7-24-9-13-34(5)14-10-24)18-27(23(29)4)30(36)32-20-28-21(2)17-22(3)33-31(28)37;1-2/h21-23,29-30H,7,10-20,24H2,1-6H3,(H,36,41)(H,37,42);8-9,14-15,18-20,27-28,35H,7,10-13,16-17,21H2,1-6H3,(H,36,39)(H,37,40);17-19,24,26H,6,9-16,20H2,1-5H3,(H,32,36)(H,33,37);1-2H3. The summed E-state index contributed by atoms with van der Waals surface area (Å²) in [6.07, 6.45) is 13.0. The topological polar surface area (TPSA) is 263 Å². The van der Waals surface area contributed by atoms with E-state index in [4.69, 9.17) is 23.7 Å². The number of hydrogen-bond donors (Lipinski definition) is 7. The zero-order chi connectivity index (χ0) is 91.1. The highest BCUT2D eigenvalue weighted by Crippen LogP contribution is 2.38. The number of benzene rings is 4. The predicted molar refractivity (Wildman–Crippen MR) is 511 cm³/mol. The van der Waals surface area contributed by atoms with Gasteiger partial charge in [-0.25, -0.2) is 0 Å². The Hall–Kier alpha value is -9.86. The van der Waals surface area contributed by atoms with Crippen molar-refractivity contribution < 1.29 is 38.1 Å². The number of hydrogen-bond acceptors (Lipinski definition) is 18. The molecule has 126 heavy (non-hydrogen) atoms. The number of morpholine rings is 1. The molecule has 6 heterocycles. The maximum atomic E-state index is 13.8. The lowest BCUT2D eigenvalue weighted by Gasteiger charge is -2.41. The molecule has 3 saturated heterocycles. The molecule has 7 aromatic rings. The van der Waals surface area contributed by atoms with Gasteiger partial charge in [-0.15, -0.1) is 0 Å². The van der Waals surface area contributed by atoms with Crippen molar-refractivity contribution in [2.24, 2.45) is 5.92 Å². The first-order valence-corrected chi connectivity index (χ1v) is 46.1. The summed E-state index contributed by atoms with van der Waals surface area (Å²) in [4.78, 5) is 102. The van der Waals surface area contributed by atoms with Gasteiger partial charge in [0.05, 0.1) is 33.0 Å². The van der Waals surface area contributed by atoms with Crippen molar-refractivity contribution in [1.29, 1.82) is 0 Å². The number of aryl methyl sites for hydroxylation is 6. The summed E-state index contributed by atoms with van der Waals surface area (Å²) in [5.41, 5.74) is 17.8. The van der Waals surface area contributed by atoms with Gasteiger partial charge in [0, 0.05) is 201 Å². The van der Waals surface area contributed by atoms with Gasteiger partial charge in [0.2, 0.25) is 0 Å². The van der Waals surface area contributed by atoms with Crippen LogP contribution in [-0.4, -0.2) is 218 Å². The van der Waals surface area contributed by atoms with Crippen molar-refractivity contribution in [3.63, 3.8) is 0 Å². The Labute approximate surface area is 750 Å². The molecule has 3 amide bonds. The summed E-state index contributed by atoms with van der Waals surface area (Å²) in [7, 11) is 9.80. The van der Waals surface area contributed by atoms with E-state index in [9.17, 15) is 28.8 Å². The molecular weight excluding hydrogens is 1580 g/mol. The number of carbonyl (C=O) groups is 3. The Morgan fingerprint density at radius 3 is 1.33 bits per heavy atom. The number of ether oxygens (including phenoxy) is 5. The monoisotopic (exact) mass is 1730 g/mol. The van der Waals surface area contributed by atoms with Crippen LogP contribution >= 0.6 is 0 Å². The summed E-state index contributed by atoms with van der Waals surface area (Å²) in [5, 5.41) is 12.5. The lowest BCUT2D eigenvalue weighted by atomic mass is 9.88. The zero-order valence-electron chi connectivity index (χ0n) is 79.1. The average Bonchev–Trinajstić information content (AvgIpc) is 0.944. The van der Waals surface area contributed by atoms with Gasteiger partial charge in [-0.2, -0.15) is 0 Å². The third-order valence-electron chi connectivity index (χ3n) is 25.7. The number of nitrogens with zero attached hydrogens (tertiary/aromatic N) is 6. The summed E-state index contributed by atoms with van der Waals surface area (Å²) >= 11 is 0. The van der Waals surface area contributed by atoms with E-state index in [-0.39, 0.29) is 54.0 Å². The van der Waals surface area contributed by atoms with Gasteiger partial charge in [-0.1, -0.05) is 49.7 Å². The van der Waals surface area contributed by atoms with Crippen molar-refractivity contribution >= 4 is 34.8 Å². The van der Waals surface area contributed by atoms with Crippen LogP contribution in [0.4, 0.5) is 17.1 Å². The van der Waals surface area contributed by atoms with Gasteiger partial charge in [0.15, 0.2) is 0 Å². The minimum atomic E-state index is -0.195. The van der Waals surface area contributed by atoms with Gasteiger partial charge in [-0.05, 0) is 306 Å². The number of aromatic nitrogens is 3. The fourth-order valence-electron chi connectivity index (χ4n) is 18.2. The number of anilines is 3. The number of nitrogens with one attached hydrogen (secondary N) is 7. The van der Waals surface area contributed by atoms with Gasteiger partial charge >= 0.3 is 0 Å². The molecule has 7 N–H and O–H groups in total. The van der Waals surface area contributed by atoms with Crippen LogP contribution in [0.3, 0.4) is 0 Å². The van der Waals surface area contributed by atoms with E-state index in [1.807, 2.05) is 144 Å². The largest absolute Gasteiger partial charge is 0.491 e. The molecule has 0 bridgehead atoms. The lowest BCUT2D eigenvalue weighted by molar-refractivity contribution is 0.0443. The third-order valence-corrected chi connectivity index (χ3v) is 25.7. The van der Waals surface area contributed by atoms with Crippen LogP contribution in [0.2, 0.25) is 0 Å². The van der Waals surface area contributed by atoms with E-state index in [0.717, 1.165) is 258 Å². The molecular formula is C102H145N13O11. The van der Waals surface area contributed by atoms with Gasteiger partial charge in [0.1, 0.15) is 12.4 Å². The number of piperidine rings is 1. The molecule has 0 unspecified atom stereocenters. The Morgan fingerprint density at radius 2 is 0.897 bits per heavy atom. The third kappa shape index (κ3) is 27.8. The van der Waals surface area contributed by atoms with Crippen LogP contribution < -0.4 is 57.4 Å². The SMILES string of the molecule is CC.CCN(c1cc(-c2ccc(OCCOC)cc2)cc(C(=O)NCc2c(C)cc(C)[nH]c2=O)c1C)C1CCC(NC)CC1.CCN(c1cc(C#CC2CCN(C)CC2)cc(C(=O)NCc2c(C)cc(C)[nH]c2=O)c1C)C1CCOCC1.CCN(c1cc(C#CCN2CCOCC2)cc(C(=O)NCc2c(C)cc(C)[nH]c2=O)c1C)C1CCC(N(C)CCOC)CC1. The Bertz CT molecular complexity index is 5040. The molecule has 3 aromatic heterocycles. The first kappa shape index (κ1) is 99.9. The molecule has 2 saturated carbocycles. The van der Waals surface area contributed by atoms with Gasteiger partial charge in [0.25, 0.3) is 34.4 Å². The van der Waals surface area contributed by atoms with Crippen LogP contribution in [0, 0.1) is 91.9 Å². The summed E-state index contributed by atoms with van der Waals surface area (Å²) < 4.78 is 27.2. The number of carbonyl (C=O) groups excluding carboxylic acids is 3. The Balaban J connectivity index is 0.000000212. The van der Waals surface area contributed by atoms with E-state index in [1.165, 1.54) is 0 Å². The number of rotatable bonds is 29. The quantitative estimate of drug-likeness (QED) is 0.0170. The highest BCUT2D eigenvalue weighted by Gasteiger charge is 2.32. The normalized spacial score (nSPS) is 17.4. The Morgan fingerprint density at radius 1 is 0.484 bits per heavy atom. The molecule has 684 valence electrons. The molecule has 5 aliphatic rings. The van der Waals surface area contributed by atoms with Crippen molar-refractivity contribution in [2.75, 3.05) is 155 Å². The molecule has 5 fully saturated rings. The number of methoxy groups -OCH3 is 2. The van der Waals surface area contributed by atoms with Gasteiger partial charge in [-0.3, -0.25) is 33.7 Å². The number of aromatic amines is 3. The van der Waals surface area contributed by atoms with Crippen LogP contribution in [0.25, 0.3) is 11.1 Å². The fraction of sp³-hybridized carbons (Fsp3) is 0.549. The fourth-order valence-corrected chi connectivity index (χ4v) is 18.2. The predicted octanol–water partition coefficient (Wildman–Crippen LogP) is 13.9. The Kier molecular flexibility index (Phi) is 39.7. The summed E-state index contributed by atoms with van der Waals surface area (Å²) in [6, 6.07) is 28.4. The van der Waals surface area contributed by atoms with Crippen LogP contribution in [0.15, 0.2) is 93.2 Å². The van der Waals surface area contributed by atoms with Crippen LogP contribution in [0.1, 0.15) is 221 Å². The second kappa shape index (κ2) is 50.0. The van der Waals surface area contributed by atoms with E-state index in [0.29, 0.717) is 89.3 Å². The maximum absolute atomic E-state index is 13.8. The smallest absolute Gasteiger partial charge is 0.253 e. The van der Waals surface area contributed by atoms with E-state index in [2.05, 4.69) is 142 Å². The van der Waals surface area contributed by atoms with Crippen molar-refractivity contribution in [2.45, 2.75) is 224 Å². The van der Waals surface area contributed by atoms with E-state index in [1.54, 1.807) is 14.2 Å². The molecule has 12 rings (SSSR count). The van der Waals surface area contributed by atoms with Crippen molar-refractivity contribution in [1.82, 2.24) is 50.9 Å². The number of H-pyrrole nitrogens is 3. The van der Waals surface area contributed by atoms with E-state index >= 15 is 0 Å². The molecule has 3 aliphatic heterocycles. The molecule has 4 aromatic carbocycles. The van der Waals surface area contributed by atoms with Crippen molar-refractivity contribution in [3.05, 3.63) is 205 Å². The zero-order valence-corrected chi connectivity index (χ0v) is 79.1. The van der Waals surface area contributed by atoms with Crippen LogP contribution in [0.5, 0.6) is 5.75 Å². The second-order valence-electron chi connectivity index (χ2n) is 34.2. The molecule has 0 atom stereocenters. The minimum absolute atomic E-state index is 0.158.